The molecule has 2 rings (SSSR count). The number of carboxylic acids is 1. The molecule has 2 aromatic rings. The van der Waals surface area contributed by atoms with Crippen molar-refractivity contribution in [3.63, 3.8) is 0 Å². The molecule has 4 amide bonds. The number of amides is 4. The predicted octanol–water partition coefficient (Wildman–Crippen LogP) is -0.870. The number of rotatable bonds is 13. The number of fused-ring (bicyclic) bond motifs is 1. The number of nitrogens with one attached hydrogen (secondary N) is 4. The monoisotopic (exact) mass is 488 g/mol. The van der Waals surface area contributed by atoms with Crippen LogP contribution in [0.25, 0.3) is 10.9 Å². The Morgan fingerprint density at radius 2 is 1.71 bits per heavy atom. The van der Waals surface area contributed by atoms with Crippen molar-refractivity contribution in [1.29, 1.82) is 0 Å². The zero-order valence-electron chi connectivity index (χ0n) is 19.7. The summed E-state index contributed by atoms with van der Waals surface area (Å²) in [5.41, 5.74) is 12.4. The number of aromatic amines is 1. The van der Waals surface area contributed by atoms with E-state index in [1.54, 1.807) is 20.0 Å². The van der Waals surface area contributed by atoms with Gasteiger partial charge in [0, 0.05) is 29.9 Å². The van der Waals surface area contributed by atoms with Gasteiger partial charge in [-0.15, -0.1) is 0 Å². The Balaban J connectivity index is 2.07. The number of H-pyrrole nitrogens is 1. The van der Waals surface area contributed by atoms with Gasteiger partial charge in [-0.3, -0.25) is 19.2 Å². The van der Waals surface area contributed by atoms with Crippen LogP contribution in [0.2, 0.25) is 0 Å². The summed E-state index contributed by atoms with van der Waals surface area (Å²) < 4.78 is 0. The molecule has 12 heteroatoms. The van der Waals surface area contributed by atoms with Crippen molar-refractivity contribution in [2.75, 3.05) is 6.54 Å². The highest BCUT2D eigenvalue weighted by Gasteiger charge is 2.28. The number of hydrogen-bond donors (Lipinski definition) is 7. The first-order chi connectivity index (χ1) is 16.5. The molecule has 1 aromatic heterocycles. The van der Waals surface area contributed by atoms with Crippen LogP contribution >= 0.6 is 0 Å². The Labute approximate surface area is 202 Å². The maximum atomic E-state index is 12.9. The lowest BCUT2D eigenvalue weighted by atomic mass is 10.0. The maximum Gasteiger partial charge on any atom is 0.326 e. The molecule has 190 valence electrons. The fourth-order valence-corrected chi connectivity index (χ4v) is 3.38. The summed E-state index contributed by atoms with van der Waals surface area (Å²) in [4.78, 5) is 63.3. The van der Waals surface area contributed by atoms with Gasteiger partial charge in [0.2, 0.25) is 23.6 Å². The van der Waals surface area contributed by atoms with Crippen LogP contribution in [0.15, 0.2) is 30.5 Å². The third-order valence-corrected chi connectivity index (χ3v) is 5.49. The second kappa shape index (κ2) is 12.5. The average Bonchev–Trinajstić information content (AvgIpc) is 3.21. The van der Waals surface area contributed by atoms with Crippen LogP contribution in [-0.2, 0) is 30.4 Å². The first kappa shape index (κ1) is 27.3. The molecule has 0 aliphatic rings. The molecule has 12 nitrogen and oxygen atoms in total. The molecule has 0 fully saturated rings. The smallest absolute Gasteiger partial charge is 0.326 e. The molecule has 1 heterocycles. The maximum absolute atomic E-state index is 12.9. The second-order valence-electron chi connectivity index (χ2n) is 8.58. The zero-order chi connectivity index (χ0) is 26.1. The Morgan fingerprint density at radius 1 is 1.03 bits per heavy atom. The standard InChI is InChI=1S/C23H32N6O6/c1-12(2)20(25)22(33)27-11-19(31)28-16(7-8-18(24)30)21(32)29-17(23(34)35)9-13-10-26-15-6-4-3-5-14(13)15/h3-6,10,12,16-17,20,26H,7-9,11,25H2,1-2H3,(H2,24,30)(H,27,33)(H,28,31)(H,29,32)(H,34,35). The first-order valence-corrected chi connectivity index (χ1v) is 11.2. The topological polar surface area (TPSA) is 209 Å². The van der Waals surface area contributed by atoms with E-state index >= 15 is 0 Å². The molecule has 1 aromatic carbocycles. The van der Waals surface area contributed by atoms with E-state index in [0.717, 1.165) is 10.9 Å². The lowest BCUT2D eigenvalue weighted by Crippen LogP contribution is -2.54. The molecule has 0 aliphatic heterocycles. The molecular weight excluding hydrogens is 456 g/mol. The van der Waals surface area contributed by atoms with Gasteiger partial charge in [-0.05, 0) is 24.0 Å². The molecule has 3 atom stereocenters. The van der Waals surface area contributed by atoms with Crippen molar-refractivity contribution in [1.82, 2.24) is 20.9 Å². The summed E-state index contributed by atoms with van der Waals surface area (Å²) >= 11 is 0. The van der Waals surface area contributed by atoms with E-state index in [-0.39, 0.29) is 25.2 Å². The Morgan fingerprint density at radius 3 is 2.34 bits per heavy atom. The normalized spacial score (nSPS) is 13.6. The number of benzene rings is 1. The molecule has 0 saturated carbocycles. The lowest BCUT2D eigenvalue weighted by molar-refractivity contribution is -0.142. The number of primary amides is 1. The highest BCUT2D eigenvalue weighted by molar-refractivity contribution is 5.93. The molecule has 0 spiro atoms. The highest BCUT2D eigenvalue weighted by Crippen LogP contribution is 2.19. The number of para-hydroxylation sites is 1. The van der Waals surface area contributed by atoms with Crippen molar-refractivity contribution in [2.45, 2.75) is 51.2 Å². The minimum Gasteiger partial charge on any atom is -0.480 e. The number of carboxylic acid groups (broad SMARTS) is 1. The van der Waals surface area contributed by atoms with E-state index in [1.807, 2.05) is 24.3 Å². The van der Waals surface area contributed by atoms with E-state index in [2.05, 4.69) is 20.9 Å². The molecule has 9 N–H and O–H groups in total. The molecule has 0 saturated heterocycles. The minimum absolute atomic E-state index is 0.00921. The van der Waals surface area contributed by atoms with Crippen LogP contribution in [0.5, 0.6) is 0 Å². The number of carbonyl (C=O) groups excluding carboxylic acids is 4. The Hall–Kier alpha value is -3.93. The van der Waals surface area contributed by atoms with Gasteiger partial charge < -0.3 is 37.5 Å². The highest BCUT2D eigenvalue weighted by atomic mass is 16.4. The lowest BCUT2D eigenvalue weighted by Gasteiger charge is -2.22. The molecule has 3 unspecified atom stereocenters. The van der Waals surface area contributed by atoms with Crippen LogP contribution < -0.4 is 27.4 Å². The van der Waals surface area contributed by atoms with Crippen molar-refractivity contribution in [3.05, 3.63) is 36.0 Å². The van der Waals surface area contributed by atoms with E-state index < -0.39 is 54.3 Å². The first-order valence-electron chi connectivity index (χ1n) is 11.2. The zero-order valence-corrected chi connectivity index (χ0v) is 19.7. The summed E-state index contributed by atoms with van der Waals surface area (Å²) in [7, 11) is 0. The Kier molecular flexibility index (Phi) is 9.76. The van der Waals surface area contributed by atoms with Crippen LogP contribution in [0.3, 0.4) is 0 Å². The predicted molar refractivity (Wildman–Crippen MR) is 128 cm³/mol. The summed E-state index contributed by atoms with van der Waals surface area (Å²) in [6.45, 7) is 3.06. The van der Waals surface area contributed by atoms with E-state index in [4.69, 9.17) is 11.5 Å². The van der Waals surface area contributed by atoms with Crippen molar-refractivity contribution in [2.24, 2.45) is 17.4 Å². The number of carbonyl (C=O) groups is 5. The fraction of sp³-hybridized carbons (Fsp3) is 0.435. The molecule has 0 aliphatic carbocycles. The van der Waals surface area contributed by atoms with Gasteiger partial charge in [-0.2, -0.15) is 0 Å². The van der Waals surface area contributed by atoms with Crippen LogP contribution in [-0.4, -0.2) is 64.4 Å². The fourth-order valence-electron chi connectivity index (χ4n) is 3.38. The van der Waals surface area contributed by atoms with E-state index in [0.29, 0.717) is 5.56 Å². The Bertz CT molecular complexity index is 1080. The van der Waals surface area contributed by atoms with E-state index in [9.17, 15) is 29.1 Å². The van der Waals surface area contributed by atoms with Crippen molar-refractivity contribution >= 4 is 40.5 Å². The third-order valence-electron chi connectivity index (χ3n) is 5.49. The number of aromatic nitrogens is 1. The van der Waals surface area contributed by atoms with Crippen LogP contribution in [0, 0.1) is 5.92 Å². The van der Waals surface area contributed by atoms with Gasteiger partial charge in [0.05, 0.1) is 12.6 Å². The minimum atomic E-state index is -1.29. The molecule has 35 heavy (non-hydrogen) atoms. The number of nitrogens with two attached hydrogens (primary N) is 2. The van der Waals surface area contributed by atoms with Gasteiger partial charge in [-0.25, -0.2) is 4.79 Å². The summed E-state index contributed by atoms with van der Waals surface area (Å²) in [5.74, 6) is -4.13. The summed E-state index contributed by atoms with van der Waals surface area (Å²) in [6, 6.07) is 3.99. The molecule has 0 radical (unpaired) electrons. The van der Waals surface area contributed by atoms with Gasteiger partial charge in [0.25, 0.3) is 0 Å². The average molecular weight is 489 g/mol. The van der Waals surface area contributed by atoms with Gasteiger partial charge in [0.1, 0.15) is 12.1 Å². The van der Waals surface area contributed by atoms with Crippen LogP contribution in [0.4, 0.5) is 0 Å². The third kappa shape index (κ3) is 8.10. The molecular formula is C23H32N6O6. The van der Waals surface area contributed by atoms with E-state index in [1.165, 1.54) is 0 Å². The van der Waals surface area contributed by atoms with Crippen molar-refractivity contribution < 1.29 is 29.1 Å². The largest absolute Gasteiger partial charge is 0.480 e. The SMILES string of the molecule is CC(C)C(N)C(=O)NCC(=O)NC(CCC(N)=O)C(=O)NC(Cc1c[nH]c2ccccc12)C(=O)O. The van der Waals surface area contributed by atoms with Gasteiger partial charge >= 0.3 is 5.97 Å². The van der Waals surface area contributed by atoms with Crippen LogP contribution in [0.1, 0.15) is 32.3 Å². The summed E-state index contributed by atoms with van der Waals surface area (Å²) in [6.07, 6.45) is 1.29. The van der Waals surface area contributed by atoms with Gasteiger partial charge in [0.15, 0.2) is 0 Å². The quantitative estimate of drug-likeness (QED) is 0.189. The summed E-state index contributed by atoms with van der Waals surface area (Å²) in [5, 5.41) is 17.7. The van der Waals surface area contributed by atoms with Gasteiger partial charge in [-0.1, -0.05) is 32.0 Å². The van der Waals surface area contributed by atoms with Crippen molar-refractivity contribution in [3.8, 4) is 0 Å². The number of aliphatic carboxylic acids is 1. The molecule has 0 bridgehead atoms. The number of hydrogen-bond acceptors (Lipinski definition) is 6. The second-order valence-corrected chi connectivity index (χ2v) is 8.58.